The molecule has 0 bridgehead atoms. The van der Waals surface area contributed by atoms with Gasteiger partial charge >= 0.3 is 0 Å². The number of benzene rings is 2. The summed E-state index contributed by atoms with van der Waals surface area (Å²) in [5.41, 5.74) is 2.33. The van der Waals surface area contributed by atoms with Gasteiger partial charge in [0.15, 0.2) is 21.5 Å². The Labute approximate surface area is 164 Å². The van der Waals surface area contributed by atoms with Gasteiger partial charge in [0.1, 0.15) is 0 Å². The van der Waals surface area contributed by atoms with Gasteiger partial charge in [0.25, 0.3) is 0 Å². The molecule has 0 saturated carbocycles. The number of furan rings is 1. The van der Waals surface area contributed by atoms with Gasteiger partial charge in [0.2, 0.25) is 0 Å². The van der Waals surface area contributed by atoms with Crippen LogP contribution in [0.3, 0.4) is 0 Å². The Hall–Kier alpha value is -3.02. The summed E-state index contributed by atoms with van der Waals surface area (Å²) in [7, 11) is 0. The molecule has 0 aliphatic heterocycles. The Balaban J connectivity index is 1.42. The molecule has 0 atom stereocenters. The van der Waals surface area contributed by atoms with Gasteiger partial charge in [0, 0.05) is 12.4 Å². The highest BCUT2D eigenvalue weighted by Gasteiger charge is 2.14. The number of hydrogen-bond donors (Lipinski definition) is 0. The van der Waals surface area contributed by atoms with Crippen LogP contribution in [0.15, 0.2) is 89.6 Å². The molecule has 3 heterocycles. The van der Waals surface area contributed by atoms with Crippen LogP contribution in [-0.4, -0.2) is 9.97 Å². The standard InChI is InChI=1S/C22H14N2OS2/c1-3-7-15(8-4-1)19-13-23-21(26-19)17-11-12-18(25-17)22-24-14-20(27-22)16-9-5-2-6-10-16/h1-14H. The lowest BCUT2D eigenvalue weighted by Gasteiger charge is -1.94. The molecule has 0 saturated heterocycles. The van der Waals surface area contributed by atoms with Crippen molar-refractivity contribution in [3.63, 3.8) is 0 Å². The maximum absolute atomic E-state index is 6.05. The zero-order valence-corrected chi connectivity index (χ0v) is 15.8. The van der Waals surface area contributed by atoms with E-state index < -0.39 is 0 Å². The molecular formula is C22H14N2OS2. The predicted octanol–water partition coefficient (Wildman–Crippen LogP) is 6.86. The van der Waals surface area contributed by atoms with Gasteiger partial charge in [-0.2, -0.15) is 0 Å². The van der Waals surface area contributed by atoms with Gasteiger partial charge in [0.05, 0.1) is 9.75 Å². The zero-order chi connectivity index (χ0) is 18.1. The maximum Gasteiger partial charge on any atom is 0.163 e. The molecule has 0 unspecified atom stereocenters. The summed E-state index contributed by atoms with van der Waals surface area (Å²) >= 11 is 3.26. The van der Waals surface area contributed by atoms with Crippen molar-refractivity contribution < 1.29 is 4.42 Å². The fraction of sp³-hybridized carbons (Fsp3) is 0. The molecule has 27 heavy (non-hydrogen) atoms. The van der Waals surface area contributed by atoms with E-state index in [2.05, 4.69) is 34.2 Å². The lowest BCUT2D eigenvalue weighted by atomic mass is 10.2. The Bertz CT molecular complexity index is 1080. The first kappa shape index (κ1) is 16.2. The van der Waals surface area contributed by atoms with E-state index in [1.54, 1.807) is 22.7 Å². The number of thiazole rings is 2. The van der Waals surface area contributed by atoms with Gasteiger partial charge in [-0.15, -0.1) is 22.7 Å². The highest BCUT2D eigenvalue weighted by atomic mass is 32.1. The van der Waals surface area contributed by atoms with Crippen LogP contribution in [0.2, 0.25) is 0 Å². The zero-order valence-electron chi connectivity index (χ0n) is 14.2. The van der Waals surface area contributed by atoms with Gasteiger partial charge in [-0.05, 0) is 23.3 Å². The fourth-order valence-electron chi connectivity index (χ4n) is 2.82. The summed E-state index contributed by atoms with van der Waals surface area (Å²) in [6.07, 6.45) is 3.79. The molecule has 130 valence electrons. The molecule has 3 aromatic heterocycles. The Morgan fingerprint density at radius 1 is 0.556 bits per heavy atom. The topological polar surface area (TPSA) is 38.9 Å². The molecule has 0 spiro atoms. The average Bonchev–Trinajstić information content (AvgIpc) is 3.49. The van der Waals surface area contributed by atoms with Crippen molar-refractivity contribution in [1.29, 1.82) is 0 Å². The molecule has 0 radical (unpaired) electrons. The van der Waals surface area contributed by atoms with Crippen molar-refractivity contribution in [1.82, 2.24) is 9.97 Å². The van der Waals surface area contributed by atoms with Gasteiger partial charge in [-0.25, -0.2) is 9.97 Å². The summed E-state index contributed by atoms with van der Waals surface area (Å²) < 4.78 is 6.05. The normalized spacial score (nSPS) is 11.0. The monoisotopic (exact) mass is 386 g/mol. The summed E-state index contributed by atoms with van der Waals surface area (Å²) in [6.45, 7) is 0. The minimum Gasteiger partial charge on any atom is -0.451 e. The third-order valence-corrected chi connectivity index (χ3v) is 6.28. The molecule has 5 aromatic rings. The second kappa shape index (κ2) is 6.95. The van der Waals surface area contributed by atoms with E-state index in [0.29, 0.717) is 0 Å². The van der Waals surface area contributed by atoms with E-state index in [-0.39, 0.29) is 0 Å². The van der Waals surface area contributed by atoms with Crippen LogP contribution in [0.1, 0.15) is 0 Å². The summed E-state index contributed by atoms with van der Waals surface area (Å²) in [6, 6.07) is 24.5. The Morgan fingerprint density at radius 3 is 1.44 bits per heavy atom. The highest BCUT2D eigenvalue weighted by Crippen LogP contribution is 2.37. The number of aromatic nitrogens is 2. The van der Waals surface area contributed by atoms with Gasteiger partial charge in [-0.1, -0.05) is 60.7 Å². The molecule has 0 aliphatic carbocycles. The van der Waals surface area contributed by atoms with Crippen LogP contribution in [0, 0.1) is 0 Å². The number of rotatable bonds is 4. The van der Waals surface area contributed by atoms with E-state index in [4.69, 9.17) is 4.42 Å². The van der Waals surface area contributed by atoms with E-state index in [1.807, 2.05) is 60.9 Å². The van der Waals surface area contributed by atoms with Crippen LogP contribution in [0.4, 0.5) is 0 Å². The highest BCUT2D eigenvalue weighted by molar-refractivity contribution is 7.18. The van der Waals surface area contributed by atoms with Crippen molar-refractivity contribution in [3.8, 4) is 42.4 Å². The summed E-state index contributed by atoms with van der Waals surface area (Å²) in [5, 5.41) is 1.75. The minimum atomic E-state index is 0.772. The molecule has 0 N–H and O–H groups in total. The smallest absolute Gasteiger partial charge is 0.163 e. The second-order valence-corrected chi connectivity index (χ2v) is 8.02. The van der Waals surface area contributed by atoms with Gasteiger partial charge in [-0.3, -0.25) is 0 Å². The number of hydrogen-bond acceptors (Lipinski definition) is 5. The van der Waals surface area contributed by atoms with Crippen LogP contribution >= 0.6 is 22.7 Å². The first-order valence-electron chi connectivity index (χ1n) is 8.50. The molecule has 0 aliphatic rings. The molecule has 5 rings (SSSR count). The molecule has 0 fully saturated rings. The third kappa shape index (κ3) is 3.23. The average molecular weight is 387 g/mol. The third-order valence-electron chi connectivity index (χ3n) is 4.16. The lowest BCUT2D eigenvalue weighted by Crippen LogP contribution is -1.69. The molecule has 5 heteroatoms. The predicted molar refractivity (Wildman–Crippen MR) is 112 cm³/mol. The summed E-state index contributed by atoms with van der Waals surface area (Å²) in [4.78, 5) is 11.3. The molecule has 2 aromatic carbocycles. The quantitative estimate of drug-likeness (QED) is 0.339. The van der Waals surface area contributed by atoms with Crippen molar-refractivity contribution in [2.24, 2.45) is 0 Å². The van der Waals surface area contributed by atoms with Crippen LogP contribution in [-0.2, 0) is 0 Å². The van der Waals surface area contributed by atoms with Crippen molar-refractivity contribution in [2.45, 2.75) is 0 Å². The Kier molecular flexibility index (Phi) is 4.16. The van der Waals surface area contributed by atoms with E-state index in [1.165, 1.54) is 11.1 Å². The minimum absolute atomic E-state index is 0.772. The first-order chi connectivity index (χ1) is 13.4. The molecular weight excluding hydrogens is 372 g/mol. The first-order valence-corrected chi connectivity index (χ1v) is 10.1. The van der Waals surface area contributed by atoms with E-state index in [9.17, 15) is 0 Å². The Morgan fingerprint density at radius 2 is 1.00 bits per heavy atom. The van der Waals surface area contributed by atoms with Crippen LogP contribution < -0.4 is 0 Å². The molecule has 3 nitrogen and oxygen atoms in total. The van der Waals surface area contributed by atoms with E-state index in [0.717, 1.165) is 31.3 Å². The largest absolute Gasteiger partial charge is 0.451 e. The van der Waals surface area contributed by atoms with Crippen molar-refractivity contribution in [2.75, 3.05) is 0 Å². The van der Waals surface area contributed by atoms with Crippen LogP contribution in [0.25, 0.3) is 42.4 Å². The fourth-order valence-corrected chi connectivity index (χ4v) is 4.58. The molecule has 0 amide bonds. The maximum atomic E-state index is 6.05. The lowest BCUT2D eigenvalue weighted by molar-refractivity contribution is 0.596. The summed E-state index contributed by atoms with van der Waals surface area (Å²) in [5.74, 6) is 1.54. The second-order valence-electron chi connectivity index (χ2n) is 5.96. The SMILES string of the molecule is c1ccc(-c2cnc(-c3ccc(-c4ncc(-c5ccccc5)s4)o3)s2)cc1. The van der Waals surface area contributed by atoms with Crippen molar-refractivity contribution >= 4 is 22.7 Å². The van der Waals surface area contributed by atoms with Crippen LogP contribution in [0.5, 0.6) is 0 Å². The van der Waals surface area contributed by atoms with Crippen molar-refractivity contribution in [3.05, 3.63) is 85.2 Å². The van der Waals surface area contributed by atoms with E-state index >= 15 is 0 Å². The number of nitrogens with zero attached hydrogens (tertiary/aromatic N) is 2. The van der Waals surface area contributed by atoms with Gasteiger partial charge < -0.3 is 4.42 Å².